The molecule has 1 aliphatic carbocycles. The summed E-state index contributed by atoms with van der Waals surface area (Å²) in [6.07, 6.45) is 6.32. The van der Waals surface area contributed by atoms with E-state index in [1.807, 2.05) is 0 Å². The fourth-order valence-electron chi connectivity index (χ4n) is 2.91. The molecule has 0 bridgehead atoms. The topological polar surface area (TPSA) is 83.6 Å². The summed E-state index contributed by atoms with van der Waals surface area (Å²) in [7, 11) is -3.60. The van der Waals surface area contributed by atoms with E-state index in [9.17, 15) is 18.0 Å². The normalized spacial score (nSPS) is 15.8. The van der Waals surface area contributed by atoms with Crippen molar-refractivity contribution in [1.82, 2.24) is 5.32 Å². The molecule has 0 saturated heterocycles. The summed E-state index contributed by atoms with van der Waals surface area (Å²) < 4.78 is 25.2. The second kappa shape index (κ2) is 7.79. The summed E-state index contributed by atoms with van der Waals surface area (Å²) in [6.45, 7) is 1.19. The Balaban J connectivity index is 2.10. The van der Waals surface area contributed by atoms with E-state index >= 15 is 0 Å². The molecule has 1 aromatic carbocycles. The lowest BCUT2D eigenvalue weighted by Gasteiger charge is -2.26. The van der Waals surface area contributed by atoms with E-state index in [0.29, 0.717) is 11.3 Å². The first-order valence-electron chi connectivity index (χ1n) is 8.15. The van der Waals surface area contributed by atoms with Crippen LogP contribution in [0.2, 0.25) is 0 Å². The second-order valence-corrected chi connectivity index (χ2v) is 8.18. The number of anilines is 1. The molecule has 0 aliphatic heterocycles. The van der Waals surface area contributed by atoms with Crippen LogP contribution in [-0.4, -0.2) is 39.0 Å². The number of carbonyl (C=O) groups is 2. The Morgan fingerprint density at radius 1 is 1.12 bits per heavy atom. The number of rotatable bonds is 6. The van der Waals surface area contributed by atoms with Crippen LogP contribution in [0.1, 0.15) is 49.4 Å². The van der Waals surface area contributed by atoms with Gasteiger partial charge in [-0.25, -0.2) is 8.42 Å². The smallest absolute Gasteiger partial charge is 0.240 e. The Morgan fingerprint density at radius 3 is 2.21 bits per heavy atom. The molecule has 1 N–H and O–H groups in total. The number of carbonyl (C=O) groups excluding carboxylic acids is 2. The zero-order valence-electron chi connectivity index (χ0n) is 14.1. The van der Waals surface area contributed by atoms with E-state index in [2.05, 4.69) is 5.32 Å². The van der Waals surface area contributed by atoms with Gasteiger partial charge in [-0.05, 0) is 44.0 Å². The van der Waals surface area contributed by atoms with E-state index < -0.39 is 10.0 Å². The molecule has 132 valence electrons. The average molecular weight is 352 g/mol. The van der Waals surface area contributed by atoms with E-state index in [-0.39, 0.29) is 24.3 Å². The predicted octanol–water partition coefficient (Wildman–Crippen LogP) is 2.10. The summed E-state index contributed by atoms with van der Waals surface area (Å²) in [4.78, 5) is 23.6. The van der Waals surface area contributed by atoms with Gasteiger partial charge in [-0.1, -0.05) is 19.3 Å². The molecule has 1 fully saturated rings. The monoisotopic (exact) mass is 352 g/mol. The highest BCUT2D eigenvalue weighted by Gasteiger charge is 2.23. The highest BCUT2D eigenvalue weighted by Crippen LogP contribution is 2.20. The number of hydrogen-bond donors (Lipinski definition) is 1. The van der Waals surface area contributed by atoms with Crippen molar-refractivity contribution in [2.45, 2.75) is 45.1 Å². The third-order valence-corrected chi connectivity index (χ3v) is 5.36. The van der Waals surface area contributed by atoms with Crippen LogP contribution in [0.4, 0.5) is 5.69 Å². The molecule has 24 heavy (non-hydrogen) atoms. The summed E-state index contributed by atoms with van der Waals surface area (Å²) in [6, 6.07) is 6.36. The third kappa shape index (κ3) is 5.06. The van der Waals surface area contributed by atoms with Crippen LogP contribution < -0.4 is 9.62 Å². The van der Waals surface area contributed by atoms with Gasteiger partial charge in [-0.3, -0.25) is 13.9 Å². The number of ketones is 1. The molecule has 6 nitrogen and oxygen atoms in total. The van der Waals surface area contributed by atoms with Crippen molar-refractivity contribution in [1.29, 1.82) is 0 Å². The maximum Gasteiger partial charge on any atom is 0.240 e. The maximum atomic E-state index is 12.2. The number of Topliss-reactive ketones (excluding diaryl/α,β-unsaturated/α-hetero) is 1. The fraction of sp³-hybridized carbons (Fsp3) is 0.529. The number of nitrogens with one attached hydrogen (secondary N) is 1. The molecule has 0 heterocycles. The van der Waals surface area contributed by atoms with Gasteiger partial charge in [0.25, 0.3) is 0 Å². The molecule has 0 spiro atoms. The Labute approximate surface area is 143 Å². The SMILES string of the molecule is CC(=O)c1ccc(N(CC(=O)NC2CCCCC2)S(C)(=O)=O)cc1. The summed E-state index contributed by atoms with van der Waals surface area (Å²) in [5.74, 6) is -0.398. The van der Waals surface area contributed by atoms with Crippen molar-refractivity contribution < 1.29 is 18.0 Å². The lowest BCUT2D eigenvalue weighted by Crippen LogP contribution is -2.44. The molecule has 1 aromatic rings. The van der Waals surface area contributed by atoms with Crippen molar-refractivity contribution in [3.05, 3.63) is 29.8 Å². The zero-order valence-corrected chi connectivity index (χ0v) is 14.9. The first kappa shape index (κ1) is 18.4. The van der Waals surface area contributed by atoms with Crippen LogP contribution in [0.5, 0.6) is 0 Å². The minimum Gasteiger partial charge on any atom is -0.352 e. The Hall–Kier alpha value is -1.89. The van der Waals surface area contributed by atoms with E-state index in [0.717, 1.165) is 36.2 Å². The molecule has 1 aliphatic rings. The van der Waals surface area contributed by atoms with Gasteiger partial charge in [0.1, 0.15) is 6.54 Å². The number of benzene rings is 1. The lowest BCUT2D eigenvalue weighted by atomic mass is 9.95. The van der Waals surface area contributed by atoms with E-state index in [1.54, 1.807) is 24.3 Å². The van der Waals surface area contributed by atoms with Gasteiger partial charge in [-0.15, -0.1) is 0 Å². The van der Waals surface area contributed by atoms with E-state index in [4.69, 9.17) is 0 Å². The summed E-state index contributed by atoms with van der Waals surface area (Å²) in [5.41, 5.74) is 0.875. The minimum atomic E-state index is -3.60. The molecular weight excluding hydrogens is 328 g/mol. The molecule has 7 heteroatoms. The number of amides is 1. The largest absolute Gasteiger partial charge is 0.352 e. The molecule has 1 amide bonds. The standard InChI is InChI=1S/C17H24N2O4S/c1-13(20)14-8-10-16(11-9-14)19(24(2,22)23)12-17(21)18-15-6-4-3-5-7-15/h8-11,15H,3-7,12H2,1-2H3,(H,18,21). The Bertz CT molecular complexity index is 692. The first-order valence-corrected chi connectivity index (χ1v) is 10.0. The van der Waals surface area contributed by atoms with Crippen LogP contribution in [0.25, 0.3) is 0 Å². The van der Waals surface area contributed by atoms with Crippen LogP contribution >= 0.6 is 0 Å². The van der Waals surface area contributed by atoms with Crippen molar-refractivity contribution in [3.8, 4) is 0 Å². The average Bonchev–Trinajstić information content (AvgIpc) is 2.52. The van der Waals surface area contributed by atoms with Crippen LogP contribution in [-0.2, 0) is 14.8 Å². The van der Waals surface area contributed by atoms with Crippen LogP contribution in [0, 0.1) is 0 Å². The first-order chi connectivity index (χ1) is 11.3. The summed E-state index contributed by atoms with van der Waals surface area (Å²) >= 11 is 0. The van der Waals surface area contributed by atoms with Crippen molar-refractivity contribution in [2.75, 3.05) is 17.1 Å². The van der Waals surface area contributed by atoms with Crippen LogP contribution in [0.15, 0.2) is 24.3 Å². The molecule has 0 atom stereocenters. The van der Waals surface area contributed by atoms with Gasteiger partial charge in [0.05, 0.1) is 11.9 Å². The van der Waals surface area contributed by atoms with Gasteiger partial charge in [-0.2, -0.15) is 0 Å². The van der Waals surface area contributed by atoms with Crippen molar-refractivity contribution >= 4 is 27.4 Å². The zero-order chi connectivity index (χ0) is 17.7. The summed E-state index contributed by atoms with van der Waals surface area (Å²) in [5, 5.41) is 2.92. The maximum absolute atomic E-state index is 12.2. The fourth-order valence-corrected chi connectivity index (χ4v) is 3.77. The van der Waals surface area contributed by atoms with Crippen molar-refractivity contribution in [2.24, 2.45) is 0 Å². The predicted molar refractivity (Wildman–Crippen MR) is 93.7 cm³/mol. The molecule has 0 radical (unpaired) electrons. The number of sulfonamides is 1. The minimum absolute atomic E-state index is 0.0949. The molecule has 2 rings (SSSR count). The van der Waals surface area contributed by atoms with Gasteiger partial charge in [0.2, 0.25) is 15.9 Å². The van der Waals surface area contributed by atoms with Gasteiger partial charge >= 0.3 is 0 Å². The molecular formula is C17H24N2O4S. The highest BCUT2D eigenvalue weighted by atomic mass is 32.2. The molecule has 1 saturated carbocycles. The number of nitrogens with zero attached hydrogens (tertiary/aromatic N) is 1. The van der Waals surface area contributed by atoms with Crippen molar-refractivity contribution in [3.63, 3.8) is 0 Å². The van der Waals surface area contributed by atoms with E-state index in [1.165, 1.54) is 13.3 Å². The number of hydrogen-bond acceptors (Lipinski definition) is 4. The molecule has 0 unspecified atom stereocenters. The third-order valence-electron chi connectivity index (χ3n) is 4.22. The van der Waals surface area contributed by atoms with Gasteiger partial charge in [0, 0.05) is 11.6 Å². The lowest BCUT2D eigenvalue weighted by molar-refractivity contribution is -0.120. The van der Waals surface area contributed by atoms with Crippen LogP contribution in [0.3, 0.4) is 0 Å². The Kier molecular flexibility index (Phi) is 5.99. The Morgan fingerprint density at radius 2 is 1.71 bits per heavy atom. The second-order valence-electron chi connectivity index (χ2n) is 6.28. The van der Waals surface area contributed by atoms with Gasteiger partial charge in [0.15, 0.2) is 5.78 Å². The molecule has 0 aromatic heterocycles. The highest BCUT2D eigenvalue weighted by molar-refractivity contribution is 7.92. The quantitative estimate of drug-likeness (QED) is 0.795. The van der Waals surface area contributed by atoms with Gasteiger partial charge < -0.3 is 5.32 Å².